The lowest BCUT2D eigenvalue weighted by atomic mass is 10.0. The molecule has 0 aliphatic carbocycles. The highest BCUT2D eigenvalue weighted by molar-refractivity contribution is 5.94. The van der Waals surface area contributed by atoms with Crippen molar-refractivity contribution in [1.82, 2.24) is 4.98 Å². The Morgan fingerprint density at radius 3 is 2.41 bits per heavy atom. The molecule has 94 valence electrons. The van der Waals surface area contributed by atoms with E-state index in [0.29, 0.717) is 24.1 Å². The first-order valence-corrected chi connectivity index (χ1v) is 6.19. The van der Waals surface area contributed by atoms with Crippen LogP contribution in [0.15, 0.2) is 18.3 Å². The number of nitrogens with zero attached hydrogens (tertiary/aromatic N) is 2. The van der Waals surface area contributed by atoms with Crippen LogP contribution in [0.25, 0.3) is 0 Å². The Morgan fingerprint density at radius 2 is 2.00 bits per heavy atom. The van der Waals surface area contributed by atoms with Gasteiger partial charge in [-0.05, 0) is 25.0 Å². The second kappa shape index (κ2) is 5.80. The van der Waals surface area contributed by atoms with Crippen molar-refractivity contribution >= 4 is 11.5 Å². The zero-order chi connectivity index (χ0) is 13.0. The predicted octanol–water partition coefficient (Wildman–Crippen LogP) is 3.16. The van der Waals surface area contributed by atoms with Crippen molar-refractivity contribution in [2.75, 3.05) is 11.9 Å². The lowest BCUT2D eigenvalue weighted by Crippen LogP contribution is -2.33. The van der Waals surface area contributed by atoms with Crippen molar-refractivity contribution in [2.45, 2.75) is 40.2 Å². The van der Waals surface area contributed by atoms with Gasteiger partial charge in [-0.1, -0.05) is 20.8 Å². The summed E-state index contributed by atoms with van der Waals surface area (Å²) in [5.74, 6) is 0.674. The van der Waals surface area contributed by atoms with E-state index >= 15 is 0 Å². The summed E-state index contributed by atoms with van der Waals surface area (Å²) in [6, 6.07) is 4.23. The second-order valence-electron chi connectivity index (χ2n) is 4.77. The van der Waals surface area contributed by atoms with Gasteiger partial charge in [0.25, 0.3) is 0 Å². The molecule has 0 fully saturated rings. The Bertz CT molecular complexity index is 370. The number of pyridine rings is 1. The maximum atomic E-state index is 11.5. The van der Waals surface area contributed by atoms with Crippen LogP contribution >= 0.6 is 0 Å². The molecule has 1 heterocycles. The predicted molar refractivity (Wildman–Crippen MR) is 71.6 cm³/mol. The highest BCUT2D eigenvalue weighted by Crippen LogP contribution is 2.18. The van der Waals surface area contributed by atoms with E-state index < -0.39 is 0 Å². The van der Waals surface area contributed by atoms with Gasteiger partial charge >= 0.3 is 0 Å². The van der Waals surface area contributed by atoms with Gasteiger partial charge < -0.3 is 4.90 Å². The fourth-order valence-electron chi connectivity index (χ4n) is 1.62. The van der Waals surface area contributed by atoms with Crippen LogP contribution in [-0.2, 0) is 0 Å². The molecule has 3 heteroatoms. The van der Waals surface area contributed by atoms with E-state index in [-0.39, 0.29) is 5.78 Å². The Hall–Kier alpha value is -1.38. The smallest absolute Gasteiger partial charge is 0.180 e. The maximum absolute atomic E-state index is 11.5. The van der Waals surface area contributed by atoms with Crippen molar-refractivity contribution in [2.24, 2.45) is 5.92 Å². The largest absolute Gasteiger partial charge is 0.370 e. The quantitative estimate of drug-likeness (QED) is 0.734. The molecule has 1 rings (SSSR count). The fourth-order valence-corrected chi connectivity index (χ4v) is 1.62. The first-order chi connectivity index (χ1) is 7.97. The molecule has 0 bridgehead atoms. The second-order valence-corrected chi connectivity index (χ2v) is 4.77. The van der Waals surface area contributed by atoms with Crippen LogP contribution in [0.2, 0.25) is 0 Å². The van der Waals surface area contributed by atoms with Gasteiger partial charge in [0.2, 0.25) is 0 Å². The average molecular weight is 234 g/mol. The average Bonchev–Trinajstić information content (AvgIpc) is 2.36. The van der Waals surface area contributed by atoms with Crippen LogP contribution in [-0.4, -0.2) is 23.9 Å². The highest BCUT2D eigenvalue weighted by Gasteiger charge is 2.14. The van der Waals surface area contributed by atoms with Crippen molar-refractivity contribution in [3.05, 3.63) is 24.0 Å². The molecule has 0 aromatic carbocycles. The molecule has 0 N–H and O–H groups in total. The first kappa shape index (κ1) is 13.7. The van der Waals surface area contributed by atoms with Gasteiger partial charge in [-0.25, -0.2) is 0 Å². The van der Waals surface area contributed by atoms with Gasteiger partial charge in [-0.2, -0.15) is 0 Å². The van der Waals surface area contributed by atoms with E-state index in [1.54, 1.807) is 6.20 Å². The zero-order valence-corrected chi connectivity index (χ0v) is 11.4. The summed E-state index contributed by atoms with van der Waals surface area (Å²) in [4.78, 5) is 17.9. The van der Waals surface area contributed by atoms with Gasteiger partial charge in [-0.15, -0.1) is 0 Å². The Balaban J connectivity index is 2.84. The molecule has 0 aliphatic rings. The van der Waals surface area contributed by atoms with E-state index in [1.165, 1.54) is 0 Å². The summed E-state index contributed by atoms with van der Waals surface area (Å²) in [6.45, 7) is 8.44. The standard InChI is InChI=1S/C14H22N2O/c1-6-14(17)13-8-7-12(9-15-13)16(5)11(4)10(2)3/h7-11H,6H2,1-5H3. The summed E-state index contributed by atoms with van der Waals surface area (Å²) in [7, 11) is 2.06. The molecule has 3 nitrogen and oxygen atoms in total. The number of carbonyl (C=O) groups excluding carboxylic acids is 1. The van der Waals surface area contributed by atoms with Crippen LogP contribution in [0.3, 0.4) is 0 Å². The van der Waals surface area contributed by atoms with Crippen molar-refractivity contribution in [1.29, 1.82) is 0 Å². The van der Waals surface area contributed by atoms with Gasteiger partial charge in [0.15, 0.2) is 5.78 Å². The lowest BCUT2D eigenvalue weighted by molar-refractivity contribution is 0.0983. The number of ketones is 1. The Kier molecular flexibility index (Phi) is 4.67. The van der Waals surface area contributed by atoms with Gasteiger partial charge in [-0.3, -0.25) is 9.78 Å². The van der Waals surface area contributed by atoms with E-state index in [9.17, 15) is 4.79 Å². The number of hydrogen-bond donors (Lipinski definition) is 0. The number of rotatable bonds is 5. The summed E-state index contributed by atoms with van der Waals surface area (Å²) >= 11 is 0. The molecule has 17 heavy (non-hydrogen) atoms. The molecule has 0 radical (unpaired) electrons. The third-order valence-corrected chi connectivity index (χ3v) is 3.34. The molecule has 0 amide bonds. The molecular formula is C14H22N2O. The third kappa shape index (κ3) is 3.29. The number of aromatic nitrogens is 1. The number of anilines is 1. The molecular weight excluding hydrogens is 212 g/mol. The van der Waals surface area contributed by atoms with Crippen molar-refractivity contribution in [3.63, 3.8) is 0 Å². The Morgan fingerprint density at radius 1 is 1.35 bits per heavy atom. The van der Waals surface area contributed by atoms with Crippen LogP contribution in [0.5, 0.6) is 0 Å². The molecule has 0 saturated heterocycles. The van der Waals surface area contributed by atoms with Gasteiger partial charge in [0.1, 0.15) is 5.69 Å². The summed E-state index contributed by atoms with van der Waals surface area (Å²) in [6.07, 6.45) is 2.28. The topological polar surface area (TPSA) is 33.2 Å². The molecule has 0 saturated carbocycles. The third-order valence-electron chi connectivity index (χ3n) is 3.34. The monoisotopic (exact) mass is 234 g/mol. The minimum atomic E-state index is 0.0936. The zero-order valence-electron chi connectivity index (χ0n) is 11.4. The first-order valence-electron chi connectivity index (χ1n) is 6.19. The molecule has 1 atom stereocenters. The van der Waals surface area contributed by atoms with E-state index in [2.05, 4.69) is 37.7 Å². The minimum Gasteiger partial charge on any atom is -0.370 e. The van der Waals surface area contributed by atoms with Crippen LogP contribution in [0.4, 0.5) is 5.69 Å². The van der Waals surface area contributed by atoms with Crippen LogP contribution in [0.1, 0.15) is 44.6 Å². The molecule has 1 aromatic rings. The minimum absolute atomic E-state index is 0.0936. The van der Waals surface area contributed by atoms with E-state index in [4.69, 9.17) is 0 Å². The van der Waals surface area contributed by atoms with Crippen LogP contribution in [0, 0.1) is 5.92 Å². The number of Topliss-reactive ketones (excluding diaryl/α,β-unsaturated/α-hetero) is 1. The summed E-state index contributed by atoms with van der Waals surface area (Å²) in [5.41, 5.74) is 1.61. The Labute approximate surface area is 104 Å². The fraction of sp³-hybridized carbons (Fsp3) is 0.571. The lowest BCUT2D eigenvalue weighted by Gasteiger charge is -2.29. The normalized spacial score (nSPS) is 12.6. The number of carbonyl (C=O) groups is 1. The van der Waals surface area contributed by atoms with Gasteiger partial charge in [0, 0.05) is 19.5 Å². The molecule has 1 unspecified atom stereocenters. The molecule has 0 spiro atoms. The summed E-state index contributed by atoms with van der Waals surface area (Å²) < 4.78 is 0. The number of hydrogen-bond acceptors (Lipinski definition) is 3. The van der Waals surface area contributed by atoms with Crippen molar-refractivity contribution in [3.8, 4) is 0 Å². The highest BCUT2D eigenvalue weighted by atomic mass is 16.1. The van der Waals surface area contributed by atoms with E-state index in [1.807, 2.05) is 19.1 Å². The molecule has 1 aromatic heterocycles. The van der Waals surface area contributed by atoms with Crippen LogP contribution < -0.4 is 4.90 Å². The van der Waals surface area contributed by atoms with Gasteiger partial charge in [0.05, 0.1) is 11.9 Å². The maximum Gasteiger partial charge on any atom is 0.180 e. The molecule has 0 aliphatic heterocycles. The van der Waals surface area contributed by atoms with E-state index in [0.717, 1.165) is 5.69 Å². The SMILES string of the molecule is CCC(=O)c1ccc(N(C)C(C)C(C)C)cn1. The summed E-state index contributed by atoms with van der Waals surface area (Å²) in [5, 5.41) is 0. The van der Waals surface area contributed by atoms with Crippen molar-refractivity contribution < 1.29 is 4.79 Å².